The maximum Gasteiger partial charge on any atom is 0.255 e. The molecule has 3 heterocycles. The average Bonchev–Trinajstić information content (AvgIpc) is 3.83. The van der Waals surface area contributed by atoms with Crippen LogP contribution in [0.4, 0.5) is 4.39 Å². The molecule has 0 saturated heterocycles. The second kappa shape index (κ2) is 13.2. The van der Waals surface area contributed by atoms with Gasteiger partial charge in [0.2, 0.25) is 0 Å². The van der Waals surface area contributed by atoms with E-state index >= 15 is 0 Å². The molecule has 0 fully saturated rings. The van der Waals surface area contributed by atoms with Gasteiger partial charge >= 0.3 is 0 Å². The Labute approximate surface area is 261 Å². The number of nitrogens with one attached hydrogen (secondary N) is 1. The summed E-state index contributed by atoms with van der Waals surface area (Å²) in [4.78, 5) is 27.6. The number of amides is 2. The number of halogens is 1. The number of nitrogens with zero attached hydrogens (tertiary/aromatic N) is 5. The molecular formula is C32H27FN6O3S2. The Morgan fingerprint density at radius 3 is 2.52 bits per heavy atom. The highest BCUT2D eigenvalue weighted by molar-refractivity contribution is 7.99. The van der Waals surface area contributed by atoms with Crippen molar-refractivity contribution in [3.05, 3.63) is 124 Å². The monoisotopic (exact) mass is 626 g/mol. The van der Waals surface area contributed by atoms with Gasteiger partial charge in [0.05, 0.1) is 41.6 Å². The first-order chi connectivity index (χ1) is 21.5. The normalized spacial score (nSPS) is 14.4. The molecule has 6 rings (SSSR count). The number of hydrogen-bond acceptors (Lipinski definition) is 8. The van der Waals surface area contributed by atoms with E-state index in [-0.39, 0.29) is 36.0 Å². The number of ether oxygens (including phenoxy) is 1. The third-order valence-electron chi connectivity index (χ3n) is 7.02. The maximum atomic E-state index is 13.7. The van der Waals surface area contributed by atoms with Gasteiger partial charge in [-0.05, 0) is 53.4 Å². The van der Waals surface area contributed by atoms with Crippen LogP contribution in [0.1, 0.15) is 39.1 Å². The number of thioether (sulfide) groups is 1. The van der Waals surface area contributed by atoms with Crippen LogP contribution in [-0.2, 0) is 11.3 Å². The molecule has 3 aromatic carbocycles. The van der Waals surface area contributed by atoms with Crippen LogP contribution in [-0.4, -0.2) is 50.2 Å². The van der Waals surface area contributed by atoms with Crippen LogP contribution in [0.25, 0.3) is 5.69 Å². The van der Waals surface area contributed by atoms with Crippen LogP contribution in [0.15, 0.2) is 107 Å². The fourth-order valence-electron chi connectivity index (χ4n) is 4.90. The molecule has 1 N–H and O–H groups in total. The van der Waals surface area contributed by atoms with E-state index in [0.717, 1.165) is 21.8 Å². The molecule has 0 aliphatic carbocycles. The van der Waals surface area contributed by atoms with Crippen molar-refractivity contribution < 1.29 is 18.7 Å². The molecule has 2 aromatic heterocycles. The lowest BCUT2D eigenvalue weighted by Gasteiger charge is -2.22. The number of rotatable bonds is 10. The standard InChI is InChI=1S/C32H27FN6O3S2/c1-42-27-11-6-5-10-24(27)31(41)34-19-29-35-36-32(38(29)23-8-3-2-4-9-23)44-20-30(40)39-26(21-13-15-22(33)16-14-21)18-25(37-39)28-12-7-17-43-28/h2-17,26H,18-20H2,1H3,(H,34,41). The molecule has 1 aliphatic rings. The van der Waals surface area contributed by atoms with Crippen LogP contribution >= 0.6 is 23.1 Å². The third-order valence-corrected chi connectivity index (χ3v) is 8.86. The van der Waals surface area contributed by atoms with Crippen molar-refractivity contribution in [2.75, 3.05) is 12.9 Å². The van der Waals surface area contributed by atoms with E-state index in [1.165, 1.54) is 36.0 Å². The highest BCUT2D eigenvalue weighted by atomic mass is 32.2. The van der Waals surface area contributed by atoms with Gasteiger partial charge in [0.15, 0.2) is 11.0 Å². The van der Waals surface area contributed by atoms with Crippen LogP contribution in [0.5, 0.6) is 5.75 Å². The van der Waals surface area contributed by atoms with E-state index in [1.54, 1.807) is 47.7 Å². The largest absolute Gasteiger partial charge is 0.496 e. The van der Waals surface area contributed by atoms with Gasteiger partial charge in [0.25, 0.3) is 11.8 Å². The molecule has 222 valence electrons. The first-order valence-electron chi connectivity index (χ1n) is 13.7. The van der Waals surface area contributed by atoms with Crippen LogP contribution in [0.2, 0.25) is 0 Å². The zero-order valence-electron chi connectivity index (χ0n) is 23.6. The first-order valence-corrected chi connectivity index (χ1v) is 15.6. The summed E-state index contributed by atoms with van der Waals surface area (Å²) < 4.78 is 20.8. The van der Waals surface area contributed by atoms with Crippen molar-refractivity contribution in [1.82, 2.24) is 25.1 Å². The smallest absolute Gasteiger partial charge is 0.255 e. The third kappa shape index (κ3) is 6.26. The molecule has 12 heteroatoms. The topological polar surface area (TPSA) is 102 Å². The highest BCUT2D eigenvalue weighted by Gasteiger charge is 2.33. The van der Waals surface area contributed by atoms with Gasteiger partial charge in [0.1, 0.15) is 11.6 Å². The van der Waals surface area contributed by atoms with E-state index in [1.807, 2.05) is 52.4 Å². The molecule has 2 amide bonds. The summed E-state index contributed by atoms with van der Waals surface area (Å²) in [5, 5.41) is 20.3. The molecule has 44 heavy (non-hydrogen) atoms. The van der Waals surface area contributed by atoms with Crippen LogP contribution in [0.3, 0.4) is 0 Å². The van der Waals surface area contributed by atoms with E-state index in [0.29, 0.717) is 28.7 Å². The second-order valence-electron chi connectivity index (χ2n) is 9.78. The zero-order valence-corrected chi connectivity index (χ0v) is 25.2. The minimum absolute atomic E-state index is 0.0391. The molecule has 0 saturated carbocycles. The number of hydrogen-bond donors (Lipinski definition) is 1. The quantitative estimate of drug-likeness (QED) is 0.195. The molecule has 5 aromatic rings. The Morgan fingerprint density at radius 2 is 1.77 bits per heavy atom. The van der Waals surface area contributed by atoms with E-state index < -0.39 is 0 Å². The minimum Gasteiger partial charge on any atom is -0.496 e. The molecule has 1 atom stereocenters. The highest BCUT2D eigenvalue weighted by Crippen LogP contribution is 2.35. The van der Waals surface area contributed by atoms with Gasteiger partial charge in [-0.2, -0.15) is 5.10 Å². The van der Waals surface area contributed by atoms with Gasteiger partial charge in [-0.15, -0.1) is 21.5 Å². The fourth-order valence-corrected chi connectivity index (χ4v) is 6.44. The Morgan fingerprint density at radius 1 is 1.00 bits per heavy atom. The summed E-state index contributed by atoms with van der Waals surface area (Å²) in [5.74, 6) is 0.138. The Bertz CT molecular complexity index is 1790. The molecular weight excluding hydrogens is 600 g/mol. The lowest BCUT2D eigenvalue weighted by molar-refractivity contribution is -0.130. The zero-order chi connectivity index (χ0) is 30.5. The second-order valence-corrected chi connectivity index (χ2v) is 11.7. The summed E-state index contributed by atoms with van der Waals surface area (Å²) in [6, 6.07) is 26.2. The molecule has 1 unspecified atom stereocenters. The molecule has 1 aliphatic heterocycles. The summed E-state index contributed by atoms with van der Waals surface area (Å²) in [6.07, 6.45) is 0.527. The SMILES string of the molecule is COc1ccccc1C(=O)NCc1nnc(SCC(=O)N2N=C(c3cccs3)CC2c2ccc(F)cc2)n1-c1ccccc1. The predicted molar refractivity (Wildman–Crippen MR) is 168 cm³/mol. The predicted octanol–water partition coefficient (Wildman–Crippen LogP) is 5.88. The molecule has 0 bridgehead atoms. The van der Waals surface area contributed by atoms with E-state index in [9.17, 15) is 14.0 Å². The van der Waals surface area contributed by atoms with Crippen molar-refractivity contribution >= 4 is 40.6 Å². The van der Waals surface area contributed by atoms with Crippen LogP contribution in [0, 0.1) is 5.82 Å². The molecule has 9 nitrogen and oxygen atoms in total. The lowest BCUT2D eigenvalue weighted by atomic mass is 10.0. The number of hydrazone groups is 1. The lowest BCUT2D eigenvalue weighted by Crippen LogP contribution is -2.28. The summed E-state index contributed by atoms with van der Waals surface area (Å²) in [7, 11) is 1.52. The summed E-state index contributed by atoms with van der Waals surface area (Å²) in [5.41, 5.74) is 2.82. The number of carbonyl (C=O) groups is 2. The number of methoxy groups -OCH3 is 1. The van der Waals surface area contributed by atoms with Crippen molar-refractivity contribution in [2.24, 2.45) is 5.10 Å². The first kappa shape index (κ1) is 29.3. The Kier molecular flexibility index (Phi) is 8.80. The Hall–Kier alpha value is -4.81. The van der Waals surface area contributed by atoms with Gasteiger partial charge < -0.3 is 10.1 Å². The fraction of sp³-hybridized carbons (Fsp3) is 0.156. The van der Waals surface area contributed by atoms with E-state index in [2.05, 4.69) is 15.5 Å². The number of para-hydroxylation sites is 2. The molecule has 0 radical (unpaired) electrons. The number of benzene rings is 3. The van der Waals surface area contributed by atoms with Gasteiger partial charge in [0, 0.05) is 12.1 Å². The average molecular weight is 627 g/mol. The van der Waals surface area contributed by atoms with Crippen LogP contribution < -0.4 is 10.1 Å². The van der Waals surface area contributed by atoms with Gasteiger partial charge in [-0.1, -0.05) is 60.3 Å². The van der Waals surface area contributed by atoms with Gasteiger partial charge in [-0.25, -0.2) is 9.40 Å². The summed E-state index contributed by atoms with van der Waals surface area (Å²) >= 11 is 2.79. The van der Waals surface area contributed by atoms with Crippen molar-refractivity contribution in [1.29, 1.82) is 0 Å². The number of aromatic nitrogens is 3. The number of thiophene rings is 1. The maximum absolute atomic E-state index is 13.7. The minimum atomic E-state index is -0.353. The number of carbonyl (C=O) groups excluding carboxylic acids is 2. The summed E-state index contributed by atoms with van der Waals surface area (Å²) in [6.45, 7) is 0.0977. The Balaban J connectivity index is 1.22. The van der Waals surface area contributed by atoms with Crippen molar-refractivity contribution in [3.63, 3.8) is 0 Å². The van der Waals surface area contributed by atoms with Gasteiger partial charge in [-0.3, -0.25) is 14.2 Å². The van der Waals surface area contributed by atoms with Crippen molar-refractivity contribution in [2.45, 2.75) is 24.2 Å². The van der Waals surface area contributed by atoms with Crippen molar-refractivity contribution in [3.8, 4) is 11.4 Å². The van der Waals surface area contributed by atoms with E-state index in [4.69, 9.17) is 9.84 Å². The molecule has 0 spiro atoms.